The molecule has 0 bridgehead atoms. The lowest BCUT2D eigenvalue weighted by molar-refractivity contribution is 0.0927. The van der Waals surface area contributed by atoms with E-state index < -0.39 is 5.91 Å². The Balaban J connectivity index is 1.93. The van der Waals surface area contributed by atoms with Crippen LogP contribution in [0.5, 0.6) is 0 Å². The van der Waals surface area contributed by atoms with Crippen molar-refractivity contribution in [2.45, 2.75) is 6.92 Å². The molecule has 0 spiro atoms. The highest BCUT2D eigenvalue weighted by molar-refractivity contribution is 5.92. The van der Waals surface area contributed by atoms with Gasteiger partial charge in [-0.05, 0) is 31.2 Å². The summed E-state index contributed by atoms with van der Waals surface area (Å²) in [6.07, 6.45) is 2.85. The summed E-state index contributed by atoms with van der Waals surface area (Å²) in [5.41, 5.74) is 2.32. The molecule has 5 nitrogen and oxygen atoms in total. The van der Waals surface area contributed by atoms with E-state index in [0.717, 1.165) is 5.76 Å². The zero-order valence-electron chi connectivity index (χ0n) is 8.64. The lowest BCUT2D eigenvalue weighted by Crippen LogP contribution is -2.16. The van der Waals surface area contributed by atoms with Crippen LogP contribution in [0.4, 0.5) is 0 Å². The number of carbonyl (C=O) groups is 1. The molecule has 5 heteroatoms. The average Bonchev–Trinajstić information content (AvgIpc) is 2.89. The van der Waals surface area contributed by atoms with Crippen molar-refractivity contribution in [1.29, 1.82) is 0 Å². The SMILES string of the molecule is Cc1ccc(/C=N\NC(=O)c2ccco2)o1. The van der Waals surface area contributed by atoms with Crippen LogP contribution >= 0.6 is 0 Å². The molecule has 0 aliphatic rings. The molecular formula is C11H10N2O3. The summed E-state index contributed by atoms with van der Waals surface area (Å²) in [4.78, 5) is 11.4. The van der Waals surface area contributed by atoms with E-state index in [1.807, 2.05) is 13.0 Å². The van der Waals surface area contributed by atoms with Crippen molar-refractivity contribution in [2.24, 2.45) is 5.10 Å². The fourth-order valence-electron chi connectivity index (χ4n) is 1.14. The Labute approximate surface area is 91.7 Å². The first-order chi connectivity index (χ1) is 7.75. The van der Waals surface area contributed by atoms with Gasteiger partial charge < -0.3 is 8.83 Å². The molecule has 0 unspecified atom stereocenters. The lowest BCUT2D eigenvalue weighted by Gasteiger charge is -1.93. The average molecular weight is 218 g/mol. The van der Waals surface area contributed by atoms with Gasteiger partial charge in [0.25, 0.3) is 0 Å². The third-order valence-electron chi connectivity index (χ3n) is 1.86. The Morgan fingerprint density at radius 3 is 2.94 bits per heavy atom. The van der Waals surface area contributed by atoms with Crippen LogP contribution in [0.2, 0.25) is 0 Å². The number of hydrogen-bond acceptors (Lipinski definition) is 4. The number of nitrogens with zero attached hydrogens (tertiary/aromatic N) is 1. The molecule has 1 N–H and O–H groups in total. The number of furan rings is 2. The normalized spacial score (nSPS) is 10.8. The van der Waals surface area contributed by atoms with E-state index in [1.165, 1.54) is 12.5 Å². The Bertz CT molecular complexity index is 497. The van der Waals surface area contributed by atoms with Crippen LogP contribution in [-0.2, 0) is 0 Å². The highest BCUT2D eigenvalue weighted by atomic mass is 16.3. The van der Waals surface area contributed by atoms with Crippen LogP contribution < -0.4 is 5.43 Å². The fraction of sp³-hybridized carbons (Fsp3) is 0.0909. The third kappa shape index (κ3) is 2.38. The van der Waals surface area contributed by atoms with Gasteiger partial charge in [-0.15, -0.1) is 0 Å². The Hall–Kier alpha value is -2.30. The van der Waals surface area contributed by atoms with E-state index in [-0.39, 0.29) is 5.76 Å². The first kappa shape index (κ1) is 10.2. The molecule has 2 aromatic rings. The first-order valence-corrected chi connectivity index (χ1v) is 4.69. The van der Waals surface area contributed by atoms with Crippen LogP contribution in [0.1, 0.15) is 22.1 Å². The monoisotopic (exact) mass is 218 g/mol. The molecular weight excluding hydrogens is 208 g/mol. The van der Waals surface area contributed by atoms with Crippen molar-refractivity contribution in [2.75, 3.05) is 0 Å². The van der Waals surface area contributed by atoms with Gasteiger partial charge >= 0.3 is 5.91 Å². The summed E-state index contributed by atoms with van der Waals surface area (Å²) in [5, 5.41) is 3.73. The molecule has 2 heterocycles. The number of rotatable bonds is 3. The van der Waals surface area contributed by atoms with Crippen LogP contribution in [0.15, 0.2) is 44.5 Å². The predicted molar refractivity (Wildman–Crippen MR) is 57.2 cm³/mol. The smallest absolute Gasteiger partial charge is 0.307 e. The summed E-state index contributed by atoms with van der Waals surface area (Å²) in [7, 11) is 0. The Morgan fingerprint density at radius 1 is 1.44 bits per heavy atom. The zero-order valence-corrected chi connectivity index (χ0v) is 8.64. The molecule has 82 valence electrons. The Morgan fingerprint density at radius 2 is 2.31 bits per heavy atom. The second-order valence-electron chi connectivity index (χ2n) is 3.12. The maximum Gasteiger partial charge on any atom is 0.307 e. The molecule has 0 aliphatic carbocycles. The van der Waals surface area contributed by atoms with Crippen LogP contribution in [0, 0.1) is 6.92 Å². The molecule has 16 heavy (non-hydrogen) atoms. The quantitative estimate of drug-likeness (QED) is 0.632. The van der Waals surface area contributed by atoms with E-state index in [1.54, 1.807) is 18.2 Å². The first-order valence-electron chi connectivity index (χ1n) is 4.69. The van der Waals surface area contributed by atoms with E-state index in [2.05, 4.69) is 10.5 Å². The van der Waals surface area contributed by atoms with E-state index in [0.29, 0.717) is 5.76 Å². The highest BCUT2D eigenvalue weighted by Gasteiger charge is 2.05. The molecule has 0 atom stereocenters. The molecule has 0 fully saturated rings. The van der Waals surface area contributed by atoms with E-state index in [4.69, 9.17) is 8.83 Å². The summed E-state index contributed by atoms with van der Waals surface area (Å²) in [6, 6.07) is 6.77. The van der Waals surface area contributed by atoms with Gasteiger partial charge in [0.15, 0.2) is 5.76 Å². The van der Waals surface area contributed by atoms with Gasteiger partial charge in [0.05, 0.1) is 12.5 Å². The van der Waals surface area contributed by atoms with Crippen molar-refractivity contribution in [3.05, 3.63) is 47.8 Å². The van der Waals surface area contributed by atoms with Gasteiger partial charge in [-0.3, -0.25) is 4.79 Å². The minimum Gasteiger partial charge on any atom is -0.460 e. The number of hydrogen-bond donors (Lipinski definition) is 1. The van der Waals surface area contributed by atoms with Gasteiger partial charge in [-0.25, -0.2) is 5.43 Å². The number of hydrazone groups is 1. The minimum atomic E-state index is -0.399. The standard InChI is InChI=1S/C11H10N2O3/c1-8-4-5-9(16-8)7-12-13-11(14)10-3-2-6-15-10/h2-7H,1H3,(H,13,14)/b12-7-. The Kier molecular flexibility index (Phi) is 2.86. The molecule has 1 amide bonds. The molecule has 2 rings (SSSR count). The molecule has 0 saturated carbocycles. The second-order valence-corrected chi connectivity index (χ2v) is 3.12. The topological polar surface area (TPSA) is 67.7 Å². The lowest BCUT2D eigenvalue weighted by atomic mass is 10.4. The molecule has 0 radical (unpaired) electrons. The van der Waals surface area contributed by atoms with Gasteiger partial charge in [0.1, 0.15) is 11.5 Å². The van der Waals surface area contributed by atoms with Crippen molar-refractivity contribution in [3.8, 4) is 0 Å². The van der Waals surface area contributed by atoms with Crippen LogP contribution in [-0.4, -0.2) is 12.1 Å². The highest BCUT2D eigenvalue weighted by Crippen LogP contribution is 2.03. The van der Waals surface area contributed by atoms with Gasteiger partial charge in [-0.2, -0.15) is 5.10 Å². The predicted octanol–water partition coefficient (Wildman–Crippen LogP) is 1.94. The van der Waals surface area contributed by atoms with Crippen molar-refractivity contribution < 1.29 is 13.6 Å². The maximum absolute atomic E-state index is 11.4. The number of nitrogens with one attached hydrogen (secondary N) is 1. The zero-order chi connectivity index (χ0) is 11.4. The number of aryl methyl sites for hydroxylation is 1. The van der Waals surface area contributed by atoms with Crippen molar-refractivity contribution in [1.82, 2.24) is 5.43 Å². The van der Waals surface area contributed by atoms with Crippen LogP contribution in [0.3, 0.4) is 0 Å². The van der Waals surface area contributed by atoms with Gasteiger partial charge in [-0.1, -0.05) is 0 Å². The summed E-state index contributed by atoms with van der Waals surface area (Å²) < 4.78 is 10.1. The van der Waals surface area contributed by atoms with Gasteiger partial charge in [0, 0.05) is 0 Å². The van der Waals surface area contributed by atoms with E-state index >= 15 is 0 Å². The van der Waals surface area contributed by atoms with Crippen molar-refractivity contribution >= 4 is 12.1 Å². The maximum atomic E-state index is 11.4. The molecule has 2 aromatic heterocycles. The fourth-order valence-corrected chi connectivity index (χ4v) is 1.14. The second kappa shape index (κ2) is 4.48. The summed E-state index contributed by atoms with van der Waals surface area (Å²) in [5.74, 6) is 1.19. The molecule has 0 aliphatic heterocycles. The molecule has 0 aromatic carbocycles. The summed E-state index contributed by atoms with van der Waals surface area (Å²) in [6.45, 7) is 1.83. The largest absolute Gasteiger partial charge is 0.460 e. The van der Waals surface area contributed by atoms with E-state index in [9.17, 15) is 4.79 Å². The van der Waals surface area contributed by atoms with Crippen molar-refractivity contribution in [3.63, 3.8) is 0 Å². The number of amides is 1. The minimum absolute atomic E-state index is 0.216. The number of carbonyl (C=O) groups excluding carboxylic acids is 1. The van der Waals surface area contributed by atoms with Crippen LogP contribution in [0.25, 0.3) is 0 Å². The van der Waals surface area contributed by atoms with Gasteiger partial charge in [0.2, 0.25) is 0 Å². The summed E-state index contributed by atoms with van der Waals surface area (Å²) >= 11 is 0. The molecule has 0 saturated heterocycles. The third-order valence-corrected chi connectivity index (χ3v) is 1.86.